The van der Waals surface area contributed by atoms with Crippen LogP contribution in [-0.4, -0.2) is 30.9 Å². The molecule has 1 unspecified atom stereocenters. The Labute approximate surface area is 137 Å². The minimum Gasteiger partial charge on any atom is -0.347 e. The lowest BCUT2D eigenvalue weighted by Gasteiger charge is -2.11. The van der Waals surface area contributed by atoms with E-state index in [1.807, 2.05) is 0 Å². The van der Waals surface area contributed by atoms with Gasteiger partial charge in [-0.3, -0.25) is 9.59 Å². The van der Waals surface area contributed by atoms with Crippen molar-refractivity contribution in [1.29, 1.82) is 0 Å². The van der Waals surface area contributed by atoms with Crippen LogP contribution >= 0.6 is 12.4 Å². The second-order valence-electron chi connectivity index (χ2n) is 5.05. The van der Waals surface area contributed by atoms with Gasteiger partial charge in [0.25, 0.3) is 0 Å². The van der Waals surface area contributed by atoms with Gasteiger partial charge in [0.15, 0.2) is 17.5 Å². The highest BCUT2D eigenvalue weighted by atomic mass is 35.5. The molecule has 0 radical (unpaired) electrons. The fourth-order valence-electron chi connectivity index (χ4n) is 2.22. The van der Waals surface area contributed by atoms with Gasteiger partial charge in [-0.25, -0.2) is 13.2 Å². The van der Waals surface area contributed by atoms with Crippen LogP contribution in [0, 0.1) is 17.5 Å². The summed E-state index contributed by atoms with van der Waals surface area (Å²) in [7, 11) is 0. The first-order valence-electron chi connectivity index (χ1n) is 6.91. The molecule has 3 N–H and O–H groups in total. The van der Waals surface area contributed by atoms with Crippen LogP contribution in [0.4, 0.5) is 18.9 Å². The molecule has 1 aliphatic rings. The van der Waals surface area contributed by atoms with E-state index in [-0.39, 0.29) is 37.3 Å². The van der Waals surface area contributed by atoms with Gasteiger partial charge < -0.3 is 16.0 Å². The Kier molecular flexibility index (Phi) is 7.31. The molecule has 2 rings (SSSR count). The van der Waals surface area contributed by atoms with Crippen molar-refractivity contribution in [2.45, 2.75) is 25.3 Å². The fraction of sp³-hybridized carbons (Fsp3) is 0.429. The summed E-state index contributed by atoms with van der Waals surface area (Å²) in [5, 5.41) is 7.62. The molecule has 128 valence electrons. The average molecular weight is 352 g/mol. The second-order valence-corrected chi connectivity index (χ2v) is 5.05. The van der Waals surface area contributed by atoms with Gasteiger partial charge in [0, 0.05) is 12.5 Å². The Morgan fingerprint density at radius 1 is 1.17 bits per heavy atom. The SMILES string of the molecule is Cl.O=C(CC1CCCN1)NCC(=O)Nc1ccc(F)c(F)c1F. The van der Waals surface area contributed by atoms with Crippen LogP contribution in [0.1, 0.15) is 19.3 Å². The number of rotatable bonds is 5. The number of hydrogen-bond acceptors (Lipinski definition) is 3. The van der Waals surface area contributed by atoms with Crippen molar-refractivity contribution < 1.29 is 22.8 Å². The molecule has 0 spiro atoms. The molecule has 1 fully saturated rings. The first-order chi connectivity index (χ1) is 10.5. The number of anilines is 1. The van der Waals surface area contributed by atoms with E-state index in [1.54, 1.807) is 0 Å². The van der Waals surface area contributed by atoms with Crippen LogP contribution in [0.5, 0.6) is 0 Å². The van der Waals surface area contributed by atoms with Gasteiger partial charge in [0.05, 0.1) is 12.2 Å². The Morgan fingerprint density at radius 3 is 2.57 bits per heavy atom. The predicted molar refractivity (Wildman–Crippen MR) is 80.8 cm³/mol. The zero-order valence-corrected chi connectivity index (χ0v) is 12.9. The molecule has 0 saturated carbocycles. The van der Waals surface area contributed by atoms with Crippen LogP contribution in [0.25, 0.3) is 0 Å². The van der Waals surface area contributed by atoms with Crippen molar-refractivity contribution in [2.75, 3.05) is 18.4 Å². The molecule has 0 aliphatic carbocycles. The largest absolute Gasteiger partial charge is 0.347 e. The van der Waals surface area contributed by atoms with Crippen molar-refractivity contribution in [3.05, 3.63) is 29.6 Å². The normalized spacial score (nSPS) is 16.6. The van der Waals surface area contributed by atoms with Crippen molar-refractivity contribution in [3.63, 3.8) is 0 Å². The lowest BCUT2D eigenvalue weighted by molar-refractivity contribution is -0.124. The Bertz CT molecular complexity index is 581. The molecule has 1 heterocycles. The van der Waals surface area contributed by atoms with Crippen LogP contribution in [0.3, 0.4) is 0 Å². The van der Waals surface area contributed by atoms with Crippen LogP contribution in [0.15, 0.2) is 12.1 Å². The molecule has 1 atom stereocenters. The minimum atomic E-state index is -1.66. The van der Waals surface area contributed by atoms with Crippen molar-refractivity contribution in [2.24, 2.45) is 0 Å². The average Bonchev–Trinajstić information content (AvgIpc) is 2.99. The second kappa shape index (κ2) is 8.73. The van der Waals surface area contributed by atoms with E-state index >= 15 is 0 Å². The van der Waals surface area contributed by atoms with E-state index in [1.165, 1.54) is 0 Å². The third kappa shape index (κ3) is 5.40. The molecule has 0 bridgehead atoms. The lowest BCUT2D eigenvalue weighted by atomic mass is 10.1. The number of amides is 2. The predicted octanol–water partition coefficient (Wildman–Crippen LogP) is 1.72. The molecule has 5 nitrogen and oxygen atoms in total. The summed E-state index contributed by atoms with van der Waals surface area (Å²) >= 11 is 0. The van der Waals surface area contributed by atoms with Gasteiger partial charge in [0.2, 0.25) is 11.8 Å². The number of benzene rings is 1. The summed E-state index contributed by atoms with van der Waals surface area (Å²) in [5.74, 6) is -5.50. The highest BCUT2D eigenvalue weighted by Gasteiger charge is 2.19. The third-order valence-corrected chi connectivity index (χ3v) is 3.35. The van der Waals surface area contributed by atoms with E-state index in [0.29, 0.717) is 6.07 Å². The van der Waals surface area contributed by atoms with Gasteiger partial charge in [-0.15, -0.1) is 12.4 Å². The third-order valence-electron chi connectivity index (χ3n) is 3.35. The monoisotopic (exact) mass is 351 g/mol. The number of halogens is 4. The highest BCUT2D eigenvalue weighted by molar-refractivity contribution is 5.94. The highest BCUT2D eigenvalue weighted by Crippen LogP contribution is 2.19. The van der Waals surface area contributed by atoms with Gasteiger partial charge in [-0.2, -0.15) is 0 Å². The quantitative estimate of drug-likeness (QED) is 0.707. The maximum absolute atomic E-state index is 13.4. The Balaban J connectivity index is 0.00000264. The zero-order chi connectivity index (χ0) is 16.1. The first-order valence-corrected chi connectivity index (χ1v) is 6.91. The number of carbonyl (C=O) groups is 2. The summed E-state index contributed by atoms with van der Waals surface area (Å²) in [6, 6.07) is 1.72. The van der Waals surface area contributed by atoms with Crippen LogP contribution in [-0.2, 0) is 9.59 Å². The van der Waals surface area contributed by atoms with Gasteiger partial charge >= 0.3 is 0 Å². The molecule has 1 aromatic rings. The van der Waals surface area contributed by atoms with Crippen molar-refractivity contribution in [1.82, 2.24) is 10.6 Å². The fourth-order valence-corrected chi connectivity index (χ4v) is 2.22. The van der Waals surface area contributed by atoms with Gasteiger partial charge in [0.1, 0.15) is 0 Å². The topological polar surface area (TPSA) is 70.2 Å². The van der Waals surface area contributed by atoms with Crippen molar-refractivity contribution >= 4 is 29.9 Å². The Morgan fingerprint density at radius 2 is 1.91 bits per heavy atom. The molecule has 2 amide bonds. The minimum absolute atomic E-state index is 0. The molecule has 9 heteroatoms. The number of nitrogens with one attached hydrogen (secondary N) is 3. The summed E-state index contributed by atoms with van der Waals surface area (Å²) in [6.45, 7) is 0.498. The standard InChI is InChI=1S/C14H16F3N3O2.ClH/c15-9-3-4-10(14(17)13(9)16)20-12(22)7-19-11(21)6-8-2-1-5-18-8;/h3-4,8,18H,1-2,5-7H2,(H,19,21)(H,20,22);1H. The van der Waals surface area contributed by atoms with Gasteiger partial charge in [-0.05, 0) is 31.5 Å². The molecule has 1 saturated heterocycles. The summed E-state index contributed by atoms with van der Waals surface area (Å²) < 4.78 is 39.1. The summed E-state index contributed by atoms with van der Waals surface area (Å²) in [5.41, 5.74) is -0.476. The summed E-state index contributed by atoms with van der Waals surface area (Å²) in [4.78, 5) is 23.2. The molecule has 1 aromatic carbocycles. The maximum atomic E-state index is 13.4. The van der Waals surface area contributed by atoms with Crippen molar-refractivity contribution in [3.8, 4) is 0 Å². The molecular formula is C14H17ClF3N3O2. The maximum Gasteiger partial charge on any atom is 0.243 e. The van der Waals surface area contributed by atoms with Gasteiger partial charge in [-0.1, -0.05) is 0 Å². The Hall–Kier alpha value is -1.80. The van der Waals surface area contributed by atoms with E-state index in [0.717, 1.165) is 25.5 Å². The van der Waals surface area contributed by atoms with E-state index in [2.05, 4.69) is 16.0 Å². The lowest BCUT2D eigenvalue weighted by Crippen LogP contribution is -2.36. The molecule has 23 heavy (non-hydrogen) atoms. The van der Waals surface area contributed by atoms with E-state index < -0.39 is 29.0 Å². The van der Waals surface area contributed by atoms with Crippen LogP contribution in [0.2, 0.25) is 0 Å². The first kappa shape index (κ1) is 19.2. The van der Waals surface area contributed by atoms with Crippen LogP contribution < -0.4 is 16.0 Å². The number of hydrogen-bond donors (Lipinski definition) is 3. The zero-order valence-electron chi connectivity index (χ0n) is 12.1. The molecule has 1 aliphatic heterocycles. The molecular weight excluding hydrogens is 335 g/mol. The van der Waals surface area contributed by atoms with E-state index in [4.69, 9.17) is 0 Å². The summed E-state index contributed by atoms with van der Waals surface area (Å²) in [6.07, 6.45) is 2.17. The smallest absolute Gasteiger partial charge is 0.243 e. The number of carbonyl (C=O) groups excluding carboxylic acids is 2. The van der Waals surface area contributed by atoms with E-state index in [9.17, 15) is 22.8 Å². The molecule has 0 aromatic heterocycles.